The molecule has 1 aromatic heterocycles. The molecular weight excluding hydrogens is 236 g/mol. The molecule has 19 heavy (non-hydrogen) atoms. The largest absolute Gasteiger partial charge is 0.496 e. The van der Waals surface area contributed by atoms with Crippen LogP contribution in [0.3, 0.4) is 0 Å². The van der Waals surface area contributed by atoms with Crippen LogP contribution >= 0.6 is 0 Å². The second-order valence-corrected chi connectivity index (χ2v) is 5.85. The number of nitrogens with zero attached hydrogens (tertiary/aromatic N) is 1. The van der Waals surface area contributed by atoms with Gasteiger partial charge >= 0.3 is 0 Å². The predicted molar refractivity (Wildman–Crippen MR) is 78.5 cm³/mol. The number of hydrogen-bond donors (Lipinski definition) is 1. The van der Waals surface area contributed by atoms with Gasteiger partial charge in [0.25, 0.3) is 0 Å². The van der Waals surface area contributed by atoms with E-state index < -0.39 is 0 Å². The smallest absolute Gasteiger partial charge is 0.128 e. The summed E-state index contributed by atoms with van der Waals surface area (Å²) in [6.07, 6.45) is 6.06. The van der Waals surface area contributed by atoms with Gasteiger partial charge in [-0.15, -0.1) is 0 Å². The number of nitrogens with one attached hydrogen (secondary N) is 1. The summed E-state index contributed by atoms with van der Waals surface area (Å²) in [7, 11) is 1.73. The van der Waals surface area contributed by atoms with Crippen LogP contribution in [-0.4, -0.2) is 18.6 Å². The molecule has 0 bridgehead atoms. The van der Waals surface area contributed by atoms with Crippen LogP contribution < -0.4 is 10.1 Å². The van der Waals surface area contributed by atoms with Gasteiger partial charge in [-0.2, -0.15) is 0 Å². The van der Waals surface area contributed by atoms with Crippen molar-refractivity contribution in [3.8, 4) is 5.75 Å². The highest BCUT2D eigenvalue weighted by atomic mass is 16.5. The maximum atomic E-state index is 5.45. The van der Waals surface area contributed by atoms with Crippen molar-refractivity contribution in [1.29, 1.82) is 0 Å². The second-order valence-electron chi connectivity index (χ2n) is 5.85. The van der Waals surface area contributed by atoms with Crippen molar-refractivity contribution >= 4 is 0 Å². The fourth-order valence-electron chi connectivity index (χ4n) is 3.15. The van der Waals surface area contributed by atoms with Gasteiger partial charge in [0, 0.05) is 23.9 Å². The normalized spacial score (nSPS) is 22.7. The van der Waals surface area contributed by atoms with E-state index in [0.29, 0.717) is 0 Å². The number of aryl methyl sites for hydroxylation is 1. The summed E-state index contributed by atoms with van der Waals surface area (Å²) < 4.78 is 5.45. The third-order valence-corrected chi connectivity index (χ3v) is 4.49. The van der Waals surface area contributed by atoms with E-state index in [9.17, 15) is 0 Å². The minimum Gasteiger partial charge on any atom is -0.496 e. The first-order chi connectivity index (χ1) is 9.13. The standard InChI is InChI=1S/C16H26N2O/c1-11-6-5-7-14(11)9-17-10-15-13(3)16(19-4)12(2)8-18-15/h8,11,14,17H,5-7,9-10H2,1-4H3. The van der Waals surface area contributed by atoms with Crippen molar-refractivity contribution in [3.05, 3.63) is 23.0 Å². The molecule has 1 N–H and O–H groups in total. The van der Waals surface area contributed by atoms with Crippen molar-refractivity contribution in [3.63, 3.8) is 0 Å². The topological polar surface area (TPSA) is 34.1 Å². The maximum absolute atomic E-state index is 5.45. The summed E-state index contributed by atoms with van der Waals surface area (Å²) in [5, 5.41) is 3.57. The van der Waals surface area contributed by atoms with Gasteiger partial charge in [-0.25, -0.2) is 0 Å². The van der Waals surface area contributed by atoms with E-state index in [1.54, 1.807) is 7.11 Å². The first kappa shape index (κ1) is 14.3. The highest BCUT2D eigenvalue weighted by molar-refractivity contribution is 5.40. The van der Waals surface area contributed by atoms with E-state index in [1.807, 2.05) is 13.1 Å². The van der Waals surface area contributed by atoms with Gasteiger partial charge in [-0.3, -0.25) is 4.98 Å². The third-order valence-electron chi connectivity index (χ3n) is 4.49. The lowest BCUT2D eigenvalue weighted by Crippen LogP contribution is -2.24. The fourth-order valence-corrected chi connectivity index (χ4v) is 3.15. The van der Waals surface area contributed by atoms with Crippen LogP contribution in [0.5, 0.6) is 5.75 Å². The molecule has 2 atom stereocenters. The number of ether oxygens (including phenoxy) is 1. The molecule has 2 rings (SSSR count). The van der Waals surface area contributed by atoms with Gasteiger partial charge in [0.05, 0.1) is 12.8 Å². The predicted octanol–water partition coefficient (Wildman–Crippen LogP) is 3.23. The first-order valence-electron chi connectivity index (χ1n) is 7.33. The molecule has 1 aliphatic carbocycles. The average Bonchev–Trinajstić information content (AvgIpc) is 2.79. The molecule has 1 aromatic rings. The molecule has 1 fully saturated rings. The van der Waals surface area contributed by atoms with E-state index in [1.165, 1.54) is 19.3 Å². The Bertz CT molecular complexity index is 431. The Hall–Kier alpha value is -1.09. The molecule has 0 saturated heterocycles. The lowest BCUT2D eigenvalue weighted by Gasteiger charge is -2.17. The number of methoxy groups -OCH3 is 1. The molecule has 0 amide bonds. The highest BCUT2D eigenvalue weighted by Gasteiger charge is 2.22. The van der Waals surface area contributed by atoms with Crippen molar-refractivity contribution in [1.82, 2.24) is 10.3 Å². The Morgan fingerprint density at radius 3 is 2.79 bits per heavy atom. The summed E-state index contributed by atoms with van der Waals surface area (Å²) in [5.41, 5.74) is 3.37. The SMILES string of the molecule is COc1c(C)cnc(CNCC2CCCC2C)c1C. The minimum atomic E-state index is 0.839. The van der Waals surface area contributed by atoms with Crippen molar-refractivity contribution in [2.45, 2.75) is 46.6 Å². The molecular formula is C16H26N2O. The molecule has 3 nitrogen and oxygen atoms in total. The van der Waals surface area contributed by atoms with Gasteiger partial charge < -0.3 is 10.1 Å². The monoisotopic (exact) mass is 262 g/mol. The van der Waals surface area contributed by atoms with Gasteiger partial charge in [0.2, 0.25) is 0 Å². The highest BCUT2D eigenvalue weighted by Crippen LogP contribution is 2.30. The minimum absolute atomic E-state index is 0.839. The zero-order valence-electron chi connectivity index (χ0n) is 12.6. The average molecular weight is 262 g/mol. The summed E-state index contributed by atoms with van der Waals surface area (Å²) in [4.78, 5) is 4.53. The molecule has 106 valence electrons. The molecule has 0 aromatic carbocycles. The Labute approximate surface area is 116 Å². The quantitative estimate of drug-likeness (QED) is 0.884. The number of hydrogen-bond acceptors (Lipinski definition) is 3. The molecule has 0 spiro atoms. The van der Waals surface area contributed by atoms with E-state index in [4.69, 9.17) is 4.74 Å². The van der Waals surface area contributed by atoms with Gasteiger partial charge in [-0.1, -0.05) is 19.8 Å². The van der Waals surface area contributed by atoms with Crippen LogP contribution in [-0.2, 0) is 6.54 Å². The van der Waals surface area contributed by atoms with Crippen LogP contribution in [0.2, 0.25) is 0 Å². The Balaban J connectivity index is 1.92. The fraction of sp³-hybridized carbons (Fsp3) is 0.688. The van der Waals surface area contributed by atoms with Crippen LogP contribution in [0.1, 0.15) is 43.0 Å². The van der Waals surface area contributed by atoms with E-state index in [2.05, 4.69) is 24.1 Å². The van der Waals surface area contributed by atoms with Gasteiger partial charge in [0.1, 0.15) is 5.75 Å². The van der Waals surface area contributed by atoms with Crippen LogP contribution in [0.15, 0.2) is 6.20 Å². The van der Waals surface area contributed by atoms with Gasteiger partial charge in [0.15, 0.2) is 0 Å². The Morgan fingerprint density at radius 2 is 2.16 bits per heavy atom. The van der Waals surface area contributed by atoms with E-state index >= 15 is 0 Å². The number of aromatic nitrogens is 1. The maximum Gasteiger partial charge on any atom is 0.128 e. The second kappa shape index (κ2) is 6.38. The van der Waals surface area contributed by atoms with Crippen molar-refractivity contribution < 1.29 is 4.74 Å². The Morgan fingerprint density at radius 1 is 1.37 bits per heavy atom. The molecule has 1 aliphatic rings. The van der Waals surface area contributed by atoms with Crippen LogP contribution in [0.4, 0.5) is 0 Å². The molecule has 0 aliphatic heterocycles. The number of pyridine rings is 1. The molecule has 2 unspecified atom stereocenters. The molecule has 1 heterocycles. The summed E-state index contributed by atoms with van der Waals surface area (Å²) in [6.45, 7) is 8.45. The van der Waals surface area contributed by atoms with Gasteiger partial charge in [-0.05, 0) is 38.6 Å². The summed E-state index contributed by atoms with van der Waals surface area (Å²) >= 11 is 0. The van der Waals surface area contributed by atoms with Crippen LogP contribution in [0.25, 0.3) is 0 Å². The summed E-state index contributed by atoms with van der Waals surface area (Å²) in [5.74, 6) is 2.68. The zero-order valence-corrected chi connectivity index (χ0v) is 12.6. The third kappa shape index (κ3) is 3.27. The summed E-state index contributed by atoms with van der Waals surface area (Å²) in [6, 6.07) is 0. The zero-order chi connectivity index (χ0) is 13.8. The number of rotatable bonds is 5. The van der Waals surface area contributed by atoms with Crippen molar-refractivity contribution in [2.75, 3.05) is 13.7 Å². The Kier molecular flexibility index (Phi) is 4.81. The lowest BCUT2D eigenvalue weighted by molar-refractivity contribution is 0.388. The van der Waals surface area contributed by atoms with E-state index in [-0.39, 0.29) is 0 Å². The first-order valence-corrected chi connectivity index (χ1v) is 7.33. The van der Waals surface area contributed by atoms with Crippen molar-refractivity contribution in [2.24, 2.45) is 11.8 Å². The van der Waals surface area contributed by atoms with Crippen LogP contribution in [0, 0.1) is 25.7 Å². The lowest BCUT2D eigenvalue weighted by atomic mass is 9.98. The van der Waals surface area contributed by atoms with E-state index in [0.717, 1.165) is 47.5 Å². The molecule has 1 saturated carbocycles. The molecule has 0 radical (unpaired) electrons. The molecule has 3 heteroatoms.